The fourth-order valence-electron chi connectivity index (χ4n) is 5.11. The minimum absolute atomic E-state index is 0.107. The van der Waals surface area contributed by atoms with Gasteiger partial charge >= 0.3 is 0 Å². The lowest BCUT2D eigenvalue weighted by atomic mass is 9.98. The van der Waals surface area contributed by atoms with Gasteiger partial charge in [0.25, 0.3) is 5.91 Å². The first kappa shape index (κ1) is 26.5. The quantitative estimate of drug-likeness (QED) is 0.251. The molecule has 0 aliphatic carbocycles. The lowest BCUT2D eigenvalue weighted by Gasteiger charge is -2.28. The van der Waals surface area contributed by atoms with Crippen molar-refractivity contribution in [3.05, 3.63) is 105 Å². The Morgan fingerprint density at radius 1 is 0.872 bits per heavy atom. The standard InChI is InChI=1S/C32H34N2O5/c1-4-33(5-2)18-19-34-29(23-12-14-24(15-13-23)38-21-22-10-8-7-9-11-22)28-30(35)26-17-16-25(37-6-3)20-27(26)39-31(28)32(34)36/h7-17,20,29H,4-6,18-19,21H2,1-3H3. The van der Waals surface area contributed by atoms with E-state index in [0.717, 1.165) is 30.0 Å². The number of likely N-dealkylation sites (N-methyl/N-ethyl adjacent to an activating group) is 1. The number of fused-ring (bicyclic) bond motifs is 2. The van der Waals surface area contributed by atoms with Crippen LogP contribution < -0.4 is 14.9 Å². The maximum absolute atomic E-state index is 13.8. The van der Waals surface area contributed by atoms with E-state index in [1.54, 1.807) is 23.1 Å². The number of nitrogens with zero attached hydrogens (tertiary/aromatic N) is 2. The van der Waals surface area contributed by atoms with E-state index in [4.69, 9.17) is 13.9 Å². The van der Waals surface area contributed by atoms with Crippen LogP contribution in [0.1, 0.15) is 54.1 Å². The van der Waals surface area contributed by atoms with Crippen molar-refractivity contribution in [2.45, 2.75) is 33.4 Å². The van der Waals surface area contributed by atoms with E-state index in [1.807, 2.05) is 61.5 Å². The molecule has 0 spiro atoms. The number of hydrogen-bond donors (Lipinski definition) is 0. The third-order valence-corrected chi connectivity index (χ3v) is 7.25. The summed E-state index contributed by atoms with van der Waals surface area (Å²) in [5.74, 6) is 1.15. The van der Waals surface area contributed by atoms with Crippen LogP contribution in [-0.2, 0) is 6.61 Å². The third-order valence-electron chi connectivity index (χ3n) is 7.25. The molecule has 1 atom stereocenters. The number of amides is 1. The van der Waals surface area contributed by atoms with Gasteiger partial charge in [0.15, 0.2) is 5.43 Å². The van der Waals surface area contributed by atoms with Gasteiger partial charge in [-0.05, 0) is 55.4 Å². The highest BCUT2D eigenvalue weighted by Crippen LogP contribution is 2.39. The smallest absolute Gasteiger partial charge is 0.290 e. The zero-order valence-electron chi connectivity index (χ0n) is 22.7. The maximum atomic E-state index is 13.8. The van der Waals surface area contributed by atoms with Gasteiger partial charge in [-0.3, -0.25) is 9.59 Å². The second-order valence-corrected chi connectivity index (χ2v) is 9.54. The Labute approximate surface area is 228 Å². The highest BCUT2D eigenvalue weighted by Gasteiger charge is 2.42. The number of rotatable bonds is 11. The van der Waals surface area contributed by atoms with Gasteiger partial charge in [-0.1, -0.05) is 56.3 Å². The van der Waals surface area contributed by atoms with Crippen LogP contribution in [0.2, 0.25) is 0 Å². The van der Waals surface area contributed by atoms with E-state index in [2.05, 4.69) is 18.7 Å². The van der Waals surface area contributed by atoms with Crippen molar-refractivity contribution >= 4 is 16.9 Å². The largest absolute Gasteiger partial charge is 0.494 e. The molecule has 1 aliphatic heterocycles. The maximum Gasteiger partial charge on any atom is 0.290 e. The molecule has 7 heteroatoms. The lowest BCUT2D eigenvalue weighted by molar-refractivity contribution is 0.0708. The molecule has 0 saturated carbocycles. The molecule has 5 rings (SSSR count). The first-order chi connectivity index (χ1) is 19.0. The first-order valence-electron chi connectivity index (χ1n) is 13.6. The van der Waals surface area contributed by atoms with Crippen molar-refractivity contribution in [1.29, 1.82) is 0 Å². The number of benzene rings is 3. The third kappa shape index (κ3) is 5.40. The second kappa shape index (κ2) is 11.7. The van der Waals surface area contributed by atoms with Crippen LogP contribution in [0.15, 0.2) is 82.0 Å². The SMILES string of the molecule is CCOc1ccc2c(=O)c3c(oc2c1)C(=O)N(CCN(CC)CC)C3c1ccc(OCc2ccccc2)cc1. The van der Waals surface area contributed by atoms with E-state index >= 15 is 0 Å². The Balaban J connectivity index is 1.51. The van der Waals surface area contributed by atoms with Crippen molar-refractivity contribution in [3.8, 4) is 11.5 Å². The van der Waals surface area contributed by atoms with Gasteiger partial charge in [0, 0.05) is 19.2 Å². The highest BCUT2D eigenvalue weighted by atomic mass is 16.5. The van der Waals surface area contributed by atoms with Crippen molar-refractivity contribution in [2.24, 2.45) is 0 Å². The topological polar surface area (TPSA) is 72.2 Å². The van der Waals surface area contributed by atoms with Gasteiger partial charge in [0.2, 0.25) is 5.76 Å². The molecule has 4 aromatic rings. The van der Waals surface area contributed by atoms with Crippen LogP contribution in [0.4, 0.5) is 0 Å². The Hall–Kier alpha value is -4.10. The van der Waals surface area contributed by atoms with Crippen molar-refractivity contribution in [2.75, 3.05) is 32.8 Å². The van der Waals surface area contributed by atoms with E-state index in [-0.39, 0.29) is 17.1 Å². The summed E-state index contributed by atoms with van der Waals surface area (Å²) in [5, 5.41) is 0.434. The summed E-state index contributed by atoms with van der Waals surface area (Å²) < 4.78 is 17.7. The van der Waals surface area contributed by atoms with Gasteiger partial charge < -0.3 is 23.7 Å². The monoisotopic (exact) mass is 526 g/mol. The van der Waals surface area contributed by atoms with Crippen LogP contribution in [0, 0.1) is 0 Å². The van der Waals surface area contributed by atoms with Crippen LogP contribution >= 0.6 is 0 Å². The molecule has 1 aromatic heterocycles. The lowest BCUT2D eigenvalue weighted by Crippen LogP contribution is -2.37. The van der Waals surface area contributed by atoms with Gasteiger partial charge in [-0.15, -0.1) is 0 Å². The predicted octanol–water partition coefficient (Wildman–Crippen LogP) is 5.66. The van der Waals surface area contributed by atoms with Gasteiger partial charge in [0.05, 0.1) is 23.6 Å². The predicted molar refractivity (Wildman–Crippen MR) is 152 cm³/mol. The molecular formula is C32H34N2O5. The molecule has 1 aliphatic rings. The summed E-state index contributed by atoms with van der Waals surface area (Å²) in [5.41, 5.74) is 2.46. The van der Waals surface area contributed by atoms with Crippen molar-refractivity contribution in [3.63, 3.8) is 0 Å². The molecular weight excluding hydrogens is 492 g/mol. The molecule has 7 nitrogen and oxygen atoms in total. The van der Waals surface area contributed by atoms with E-state index in [9.17, 15) is 9.59 Å². The number of hydrogen-bond acceptors (Lipinski definition) is 6. The molecule has 0 fully saturated rings. The Morgan fingerprint density at radius 3 is 2.28 bits per heavy atom. The summed E-state index contributed by atoms with van der Waals surface area (Å²) in [7, 11) is 0. The van der Waals surface area contributed by atoms with Crippen molar-refractivity contribution < 1.29 is 18.7 Å². The number of carbonyl (C=O) groups is 1. The van der Waals surface area contributed by atoms with Crippen LogP contribution in [0.5, 0.6) is 11.5 Å². The molecule has 1 amide bonds. The molecule has 1 unspecified atom stereocenters. The first-order valence-corrected chi connectivity index (χ1v) is 13.6. The van der Waals surface area contributed by atoms with Gasteiger partial charge in [0.1, 0.15) is 23.7 Å². The summed E-state index contributed by atoms with van der Waals surface area (Å²) in [6, 6.07) is 22.2. The van der Waals surface area contributed by atoms with E-state index in [0.29, 0.717) is 48.6 Å². The number of carbonyl (C=O) groups excluding carboxylic acids is 1. The van der Waals surface area contributed by atoms with Crippen LogP contribution in [-0.4, -0.2) is 48.5 Å². The highest BCUT2D eigenvalue weighted by molar-refractivity contribution is 5.99. The zero-order valence-corrected chi connectivity index (χ0v) is 22.7. The Bertz CT molecular complexity index is 1490. The minimum atomic E-state index is -0.543. The minimum Gasteiger partial charge on any atom is -0.494 e. The molecule has 0 bridgehead atoms. The van der Waals surface area contributed by atoms with Crippen molar-refractivity contribution in [1.82, 2.24) is 9.80 Å². The summed E-state index contributed by atoms with van der Waals surface area (Å²) >= 11 is 0. The molecule has 2 heterocycles. The van der Waals surface area contributed by atoms with E-state index < -0.39 is 6.04 Å². The molecule has 0 radical (unpaired) electrons. The van der Waals surface area contributed by atoms with Crippen LogP contribution in [0.3, 0.4) is 0 Å². The Morgan fingerprint density at radius 2 is 1.59 bits per heavy atom. The molecule has 0 N–H and O–H groups in total. The van der Waals surface area contributed by atoms with Crippen LogP contribution in [0.25, 0.3) is 11.0 Å². The fourth-order valence-corrected chi connectivity index (χ4v) is 5.11. The Kier molecular flexibility index (Phi) is 7.98. The zero-order chi connectivity index (χ0) is 27.4. The molecule has 0 saturated heterocycles. The normalized spacial score (nSPS) is 14.7. The molecule has 202 valence electrons. The molecule has 3 aromatic carbocycles. The molecule has 39 heavy (non-hydrogen) atoms. The second-order valence-electron chi connectivity index (χ2n) is 9.54. The fraction of sp³-hybridized carbons (Fsp3) is 0.312. The average Bonchev–Trinajstić information content (AvgIpc) is 3.25. The summed E-state index contributed by atoms with van der Waals surface area (Å²) in [6.07, 6.45) is 0. The van der Waals surface area contributed by atoms with E-state index in [1.165, 1.54) is 0 Å². The number of ether oxygens (including phenoxy) is 2. The summed E-state index contributed by atoms with van der Waals surface area (Å²) in [6.45, 7) is 9.98. The average molecular weight is 527 g/mol. The van der Waals surface area contributed by atoms with Gasteiger partial charge in [-0.25, -0.2) is 0 Å². The van der Waals surface area contributed by atoms with Gasteiger partial charge in [-0.2, -0.15) is 0 Å². The summed E-state index contributed by atoms with van der Waals surface area (Å²) in [4.78, 5) is 31.6.